The van der Waals surface area contributed by atoms with Gasteiger partial charge in [-0.1, -0.05) is 11.3 Å². The Labute approximate surface area is 136 Å². The van der Waals surface area contributed by atoms with Crippen LogP contribution in [0, 0.1) is 13.8 Å². The maximum atomic E-state index is 12.1. The molecule has 0 saturated carbocycles. The lowest BCUT2D eigenvalue weighted by Gasteiger charge is -2.07. The summed E-state index contributed by atoms with van der Waals surface area (Å²) in [5.41, 5.74) is 4.17. The number of thiazole rings is 1. The molecule has 6 nitrogen and oxygen atoms in total. The first-order valence-electron chi connectivity index (χ1n) is 7.11. The average molecular weight is 328 g/mol. The number of aromatic amines is 1. The molecule has 2 N–H and O–H groups in total. The van der Waals surface area contributed by atoms with E-state index in [9.17, 15) is 9.59 Å². The topological polar surface area (TPSA) is 79.8 Å². The Morgan fingerprint density at radius 3 is 2.61 bits per heavy atom. The van der Waals surface area contributed by atoms with Crippen molar-refractivity contribution in [3.05, 3.63) is 68.0 Å². The van der Waals surface area contributed by atoms with Crippen LogP contribution in [0.2, 0.25) is 0 Å². The van der Waals surface area contributed by atoms with Crippen molar-refractivity contribution in [1.82, 2.24) is 20.1 Å². The Morgan fingerprint density at radius 2 is 2.04 bits per heavy atom. The van der Waals surface area contributed by atoms with Crippen LogP contribution < -0.4 is 10.2 Å². The zero-order valence-corrected chi connectivity index (χ0v) is 13.6. The van der Waals surface area contributed by atoms with Crippen molar-refractivity contribution in [2.45, 2.75) is 20.4 Å². The van der Waals surface area contributed by atoms with Crippen molar-refractivity contribution >= 4 is 17.2 Å². The molecule has 0 spiro atoms. The van der Waals surface area contributed by atoms with Gasteiger partial charge in [0.05, 0.1) is 17.9 Å². The Bertz CT molecular complexity index is 889. The predicted octanol–water partition coefficient (Wildman–Crippen LogP) is 2.17. The van der Waals surface area contributed by atoms with E-state index in [1.807, 2.05) is 36.7 Å². The van der Waals surface area contributed by atoms with Crippen LogP contribution in [0.1, 0.15) is 27.4 Å². The first-order valence-corrected chi connectivity index (χ1v) is 7.99. The van der Waals surface area contributed by atoms with Gasteiger partial charge in [-0.05, 0) is 44.2 Å². The molecule has 1 aromatic carbocycles. The van der Waals surface area contributed by atoms with E-state index in [4.69, 9.17) is 0 Å². The SMILES string of the molecule is Cc1cc(C)n(-c2ccc(C(=O)NCc3csc(=O)[nH]3)cc2)n1. The van der Waals surface area contributed by atoms with Crippen LogP contribution in [0.4, 0.5) is 0 Å². The van der Waals surface area contributed by atoms with Gasteiger partial charge < -0.3 is 10.3 Å². The highest BCUT2D eigenvalue weighted by Gasteiger charge is 2.08. The zero-order valence-electron chi connectivity index (χ0n) is 12.8. The number of hydrogen-bond donors (Lipinski definition) is 2. The van der Waals surface area contributed by atoms with Crippen molar-refractivity contribution in [1.29, 1.82) is 0 Å². The van der Waals surface area contributed by atoms with Crippen LogP contribution in [0.15, 0.2) is 40.5 Å². The van der Waals surface area contributed by atoms with Crippen LogP contribution >= 0.6 is 11.3 Å². The summed E-state index contributed by atoms with van der Waals surface area (Å²) in [4.78, 5) is 25.7. The Morgan fingerprint density at radius 1 is 1.30 bits per heavy atom. The monoisotopic (exact) mass is 328 g/mol. The van der Waals surface area contributed by atoms with E-state index >= 15 is 0 Å². The number of carbonyl (C=O) groups excluding carboxylic acids is 1. The number of H-pyrrole nitrogens is 1. The van der Waals surface area contributed by atoms with Gasteiger partial charge in [-0.2, -0.15) is 5.10 Å². The van der Waals surface area contributed by atoms with Crippen LogP contribution in [0.25, 0.3) is 5.69 Å². The minimum Gasteiger partial charge on any atom is -0.346 e. The molecule has 23 heavy (non-hydrogen) atoms. The highest BCUT2D eigenvalue weighted by molar-refractivity contribution is 7.07. The van der Waals surface area contributed by atoms with Gasteiger partial charge in [0.1, 0.15) is 0 Å². The molecule has 2 aromatic heterocycles. The van der Waals surface area contributed by atoms with E-state index in [-0.39, 0.29) is 10.8 Å². The summed E-state index contributed by atoms with van der Waals surface area (Å²) in [7, 11) is 0. The Hall–Kier alpha value is -2.67. The third-order valence-corrected chi connectivity index (χ3v) is 4.11. The largest absolute Gasteiger partial charge is 0.346 e. The minimum atomic E-state index is -0.183. The molecule has 0 bridgehead atoms. The third kappa shape index (κ3) is 3.40. The summed E-state index contributed by atoms with van der Waals surface area (Å²) in [6.45, 7) is 4.24. The molecular formula is C16H16N4O2S. The highest BCUT2D eigenvalue weighted by atomic mass is 32.1. The molecular weight excluding hydrogens is 312 g/mol. The van der Waals surface area contributed by atoms with Crippen molar-refractivity contribution in [2.24, 2.45) is 0 Å². The second-order valence-electron chi connectivity index (χ2n) is 5.24. The van der Waals surface area contributed by atoms with Crippen molar-refractivity contribution in [2.75, 3.05) is 0 Å². The first-order chi connectivity index (χ1) is 11.0. The lowest BCUT2D eigenvalue weighted by molar-refractivity contribution is 0.0950. The Balaban J connectivity index is 1.70. The first kappa shape index (κ1) is 15.2. The molecule has 0 aliphatic carbocycles. The molecule has 3 aromatic rings. The second-order valence-corrected chi connectivity index (χ2v) is 6.08. The molecule has 7 heteroatoms. The van der Waals surface area contributed by atoms with Gasteiger partial charge in [-0.25, -0.2) is 4.68 Å². The van der Waals surface area contributed by atoms with Gasteiger partial charge in [0.15, 0.2) is 0 Å². The van der Waals surface area contributed by atoms with E-state index in [2.05, 4.69) is 15.4 Å². The minimum absolute atomic E-state index is 0.122. The predicted molar refractivity (Wildman–Crippen MR) is 89.1 cm³/mol. The third-order valence-electron chi connectivity index (χ3n) is 3.39. The number of aryl methyl sites for hydroxylation is 2. The molecule has 0 saturated heterocycles. The average Bonchev–Trinajstić information content (AvgIpc) is 3.10. The lowest BCUT2D eigenvalue weighted by atomic mass is 10.2. The zero-order chi connectivity index (χ0) is 16.4. The molecule has 0 unspecified atom stereocenters. The van der Waals surface area contributed by atoms with Crippen molar-refractivity contribution in [3.8, 4) is 5.69 Å². The van der Waals surface area contributed by atoms with Crippen LogP contribution in [0.3, 0.4) is 0 Å². The van der Waals surface area contributed by atoms with E-state index in [0.29, 0.717) is 17.8 Å². The second kappa shape index (κ2) is 6.21. The molecule has 0 radical (unpaired) electrons. The fourth-order valence-electron chi connectivity index (χ4n) is 2.32. The molecule has 118 valence electrons. The van der Waals surface area contributed by atoms with E-state index < -0.39 is 0 Å². The fourth-order valence-corrected chi connectivity index (χ4v) is 2.90. The van der Waals surface area contributed by atoms with Crippen LogP contribution in [0.5, 0.6) is 0 Å². The van der Waals surface area contributed by atoms with Crippen LogP contribution in [-0.4, -0.2) is 20.7 Å². The highest BCUT2D eigenvalue weighted by Crippen LogP contribution is 2.13. The maximum Gasteiger partial charge on any atom is 0.304 e. The summed E-state index contributed by atoms with van der Waals surface area (Å²) < 4.78 is 1.84. The number of rotatable bonds is 4. The summed E-state index contributed by atoms with van der Waals surface area (Å²) in [5, 5.41) is 8.90. The fraction of sp³-hybridized carbons (Fsp3) is 0.188. The molecule has 2 heterocycles. The molecule has 3 rings (SSSR count). The quantitative estimate of drug-likeness (QED) is 0.770. The molecule has 0 fully saturated rings. The van der Waals surface area contributed by atoms with Crippen LogP contribution in [-0.2, 0) is 6.54 Å². The van der Waals surface area contributed by atoms with Gasteiger partial charge in [-0.3, -0.25) is 9.59 Å². The lowest BCUT2D eigenvalue weighted by Crippen LogP contribution is -2.23. The summed E-state index contributed by atoms with van der Waals surface area (Å²) >= 11 is 1.08. The number of nitrogens with zero attached hydrogens (tertiary/aromatic N) is 2. The molecule has 0 aliphatic rings. The number of carbonyl (C=O) groups is 1. The number of benzene rings is 1. The van der Waals surface area contributed by atoms with Gasteiger partial charge in [0.25, 0.3) is 5.91 Å². The molecule has 1 amide bonds. The number of amides is 1. The van der Waals surface area contributed by atoms with Gasteiger partial charge >= 0.3 is 4.87 Å². The number of nitrogens with one attached hydrogen (secondary N) is 2. The van der Waals surface area contributed by atoms with Gasteiger partial charge in [0, 0.05) is 22.3 Å². The normalized spacial score (nSPS) is 10.7. The maximum absolute atomic E-state index is 12.1. The van der Waals surface area contributed by atoms with Gasteiger partial charge in [0.2, 0.25) is 0 Å². The molecule has 0 atom stereocenters. The standard InChI is InChI=1S/C16H16N4O2S/c1-10-7-11(2)20(19-10)14-5-3-12(4-6-14)15(21)17-8-13-9-23-16(22)18-13/h3-7,9H,8H2,1-2H3,(H,17,21)(H,18,22). The summed E-state index contributed by atoms with van der Waals surface area (Å²) in [5.74, 6) is -0.183. The number of hydrogen-bond acceptors (Lipinski definition) is 4. The van der Waals surface area contributed by atoms with Crippen molar-refractivity contribution < 1.29 is 4.79 Å². The Kier molecular flexibility index (Phi) is 4.12. The van der Waals surface area contributed by atoms with Gasteiger partial charge in [-0.15, -0.1) is 0 Å². The van der Waals surface area contributed by atoms with E-state index in [1.54, 1.807) is 17.5 Å². The number of aromatic nitrogens is 3. The summed E-state index contributed by atoms with van der Waals surface area (Å²) in [6.07, 6.45) is 0. The smallest absolute Gasteiger partial charge is 0.304 e. The molecule has 0 aliphatic heterocycles. The van der Waals surface area contributed by atoms with E-state index in [0.717, 1.165) is 28.4 Å². The van der Waals surface area contributed by atoms with Crippen molar-refractivity contribution in [3.63, 3.8) is 0 Å². The summed E-state index contributed by atoms with van der Waals surface area (Å²) in [6, 6.07) is 9.25. The van der Waals surface area contributed by atoms with E-state index in [1.165, 1.54) is 0 Å².